The fraction of sp³-hybridized carbons (Fsp3) is 0.393. The molecule has 1 N–H and O–H groups in total. The molecule has 3 aromatic rings. The van der Waals surface area contributed by atoms with Gasteiger partial charge in [0.15, 0.2) is 17.3 Å². The van der Waals surface area contributed by atoms with E-state index in [1.54, 1.807) is 25.6 Å². The first-order valence-electron chi connectivity index (χ1n) is 12.2. The maximum Gasteiger partial charge on any atom is 0.174 e. The maximum atomic E-state index is 15.5. The van der Waals surface area contributed by atoms with Crippen molar-refractivity contribution < 1.29 is 23.4 Å². The van der Waals surface area contributed by atoms with Crippen molar-refractivity contribution in [3.8, 4) is 22.8 Å². The minimum atomic E-state index is -0.435. The highest BCUT2D eigenvalue weighted by molar-refractivity contribution is 5.89. The van der Waals surface area contributed by atoms with E-state index in [1.165, 1.54) is 13.2 Å². The zero-order valence-electron chi connectivity index (χ0n) is 20.6. The van der Waals surface area contributed by atoms with Gasteiger partial charge in [-0.1, -0.05) is 6.58 Å². The second kappa shape index (κ2) is 10.2. The van der Waals surface area contributed by atoms with Crippen LogP contribution < -0.4 is 14.8 Å². The highest BCUT2D eigenvalue weighted by Crippen LogP contribution is 2.51. The molecule has 1 saturated heterocycles. The van der Waals surface area contributed by atoms with Gasteiger partial charge in [-0.3, -0.25) is 9.78 Å². The summed E-state index contributed by atoms with van der Waals surface area (Å²) in [5.41, 5.74) is 1.78. The van der Waals surface area contributed by atoms with Crippen molar-refractivity contribution in [2.75, 3.05) is 32.8 Å². The first-order valence-corrected chi connectivity index (χ1v) is 12.2. The van der Waals surface area contributed by atoms with E-state index in [0.29, 0.717) is 42.5 Å². The molecule has 3 heterocycles. The van der Waals surface area contributed by atoms with Crippen LogP contribution in [0.4, 0.5) is 10.2 Å². The largest absolute Gasteiger partial charge is 0.496 e. The number of hydrogen-bond acceptors (Lipinski definition) is 7. The third-order valence-electron chi connectivity index (χ3n) is 7.04. The minimum absolute atomic E-state index is 0.0284. The van der Waals surface area contributed by atoms with Crippen molar-refractivity contribution in [2.24, 2.45) is 5.92 Å². The summed E-state index contributed by atoms with van der Waals surface area (Å²) in [5, 5.41) is 5.14. The molecule has 8 heteroatoms. The summed E-state index contributed by atoms with van der Waals surface area (Å²) >= 11 is 0. The molecule has 5 rings (SSSR count). The van der Waals surface area contributed by atoms with E-state index in [1.807, 2.05) is 12.1 Å². The highest BCUT2D eigenvalue weighted by atomic mass is 19.1. The molecule has 1 aliphatic heterocycles. The molecule has 2 atom stereocenters. The molecule has 2 aromatic heterocycles. The van der Waals surface area contributed by atoms with E-state index in [-0.39, 0.29) is 29.4 Å². The van der Waals surface area contributed by atoms with Gasteiger partial charge >= 0.3 is 0 Å². The van der Waals surface area contributed by atoms with Gasteiger partial charge in [0.25, 0.3) is 0 Å². The van der Waals surface area contributed by atoms with Crippen molar-refractivity contribution >= 4 is 22.4 Å². The molecule has 2 fully saturated rings. The Hall–Kier alpha value is -3.52. The first-order chi connectivity index (χ1) is 17.5. The number of carbonyl (C=O) groups excluding carboxylic acids is 1. The Morgan fingerprint density at radius 1 is 1.14 bits per heavy atom. The molecule has 1 aromatic carbocycles. The summed E-state index contributed by atoms with van der Waals surface area (Å²) in [6.45, 7) is 4.73. The van der Waals surface area contributed by atoms with Crippen molar-refractivity contribution in [1.82, 2.24) is 9.97 Å². The summed E-state index contributed by atoms with van der Waals surface area (Å²) in [6.07, 6.45) is 8.07. The number of anilines is 1. The summed E-state index contributed by atoms with van der Waals surface area (Å²) in [5.74, 6) is 1.41. The number of ketones is 1. The second-order valence-electron chi connectivity index (χ2n) is 9.39. The molecule has 7 nitrogen and oxygen atoms in total. The van der Waals surface area contributed by atoms with Crippen LogP contribution in [0.15, 0.2) is 43.2 Å². The third kappa shape index (κ3) is 4.78. The van der Waals surface area contributed by atoms with Crippen LogP contribution in [0, 0.1) is 11.7 Å². The molecule has 2 aliphatic rings. The lowest BCUT2D eigenvalue weighted by molar-refractivity contribution is -0.116. The van der Waals surface area contributed by atoms with Gasteiger partial charge in [-0.2, -0.15) is 0 Å². The van der Waals surface area contributed by atoms with Crippen LogP contribution in [0.1, 0.15) is 37.2 Å². The quantitative estimate of drug-likeness (QED) is 0.407. The Bertz CT molecular complexity index is 1310. The Balaban J connectivity index is 1.46. The highest BCUT2D eigenvalue weighted by Gasteiger charge is 2.34. The second-order valence-corrected chi connectivity index (χ2v) is 9.39. The van der Waals surface area contributed by atoms with Gasteiger partial charge in [0, 0.05) is 53.4 Å². The van der Waals surface area contributed by atoms with Crippen LogP contribution in [0.25, 0.3) is 22.0 Å². The number of ether oxygens (including phenoxy) is 3. The predicted molar refractivity (Wildman–Crippen MR) is 136 cm³/mol. The number of nitrogens with one attached hydrogen (secondary N) is 1. The van der Waals surface area contributed by atoms with Crippen LogP contribution >= 0.6 is 0 Å². The Morgan fingerprint density at radius 2 is 1.89 bits per heavy atom. The van der Waals surface area contributed by atoms with E-state index in [4.69, 9.17) is 14.2 Å². The van der Waals surface area contributed by atoms with Gasteiger partial charge in [-0.05, 0) is 49.3 Å². The molecular weight excluding hydrogens is 461 g/mol. The van der Waals surface area contributed by atoms with Gasteiger partial charge in [0.05, 0.1) is 32.6 Å². The van der Waals surface area contributed by atoms with Crippen molar-refractivity contribution in [3.63, 3.8) is 0 Å². The number of allylic oxidation sites excluding steroid dienone is 1. The number of methoxy groups -OCH3 is 2. The molecule has 188 valence electrons. The van der Waals surface area contributed by atoms with E-state index in [2.05, 4.69) is 21.9 Å². The molecule has 0 spiro atoms. The molecule has 1 aliphatic carbocycles. The van der Waals surface area contributed by atoms with Crippen LogP contribution in [0.2, 0.25) is 0 Å². The van der Waals surface area contributed by atoms with E-state index in [9.17, 15) is 4.79 Å². The number of nitrogens with zero attached hydrogens (tertiary/aromatic N) is 2. The summed E-state index contributed by atoms with van der Waals surface area (Å²) < 4.78 is 32.0. The third-order valence-corrected chi connectivity index (χ3v) is 7.04. The molecule has 0 bridgehead atoms. The molecular formula is C28H30FN3O4. The van der Waals surface area contributed by atoms with E-state index >= 15 is 4.39 Å². The molecule has 0 amide bonds. The predicted octanol–water partition coefficient (Wildman–Crippen LogP) is 5.29. The van der Waals surface area contributed by atoms with Gasteiger partial charge in [0.2, 0.25) is 0 Å². The summed E-state index contributed by atoms with van der Waals surface area (Å²) in [4.78, 5) is 21.1. The Morgan fingerprint density at radius 3 is 2.61 bits per heavy atom. The number of fused-ring (bicyclic) bond motifs is 1. The van der Waals surface area contributed by atoms with Gasteiger partial charge < -0.3 is 19.5 Å². The normalized spacial score (nSPS) is 19.6. The summed E-state index contributed by atoms with van der Waals surface area (Å²) in [7, 11) is 3.03. The fourth-order valence-electron chi connectivity index (χ4n) is 4.94. The molecule has 0 radical (unpaired) electrons. The lowest BCUT2D eigenvalue weighted by Crippen LogP contribution is -2.39. The smallest absolute Gasteiger partial charge is 0.174 e. The van der Waals surface area contributed by atoms with Gasteiger partial charge in [-0.25, -0.2) is 9.37 Å². The number of hydrogen-bond donors (Lipinski definition) is 1. The SMILES string of the molecule is C=CC(=O)C[C@H]1CCOC[C@H]1Nc1cc2cnc(-c3c(F)c(OC)cc(OC)c3C3CC3)cc2cn1. The van der Waals surface area contributed by atoms with E-state index in [0.717, 1.165) is 35.6 Å². The molecule has 0 unspecified atom stereocenters. The zero-order valence-corrected chi connectivity index (χ0v) is 20.6. The average molecular weight is 492 g/mol. The van der Waals surface area contributed by atoms with E-state index < -0.39 is 5.82 Å². The van der Waals surface area contributed by atoms with Crippen LogP contribution in [-0.2, 0) is 9.53 Å². The van der Waals surface area contributed by atoms with Crippen LogP contribution in [0.5, 0.6) is 11.5 Å². The number of halogens is 1. The number of carbonyl (C=O) groups is 1. The lowest BCUT2D eigenvalue weighted by atomic mass is 9.89. The van der Waals surface area contributed by atoms with Crippen molar-refractivity contribution in [3.05, 3.63) is 54.6 Å². The number of aromatic nitrogens is 2. The standard InChI is InChI=1S/C28H30FN3O4/c1-4-20(33)9-17-7-8-36-15-22(17)32-25-11-19-13-30-21(10-18(19)14-31-25)27-26(16-5-6-16)23(34-2)12-24(35-3)28(27)29/h4,10-14,16-17,22H,1,5-9,15H2,2-3H3,(H,31,32)/t17-,22-/m1/s1. The van der Waals surface area contributed by atoms with Crippen LogP contribution in [0.3, 0.4) is 0 Å². The summed E-state index contributed by atoms with van der Waals surface area (Å²) in [6, 6.07) is 5.35. The monoisotopic (exact) mass is 491 g/mol. The van der Waals surface area contributed by atoms with Crippen LogP contribution in [-0.4, -0.2) is 49.2 Å². The lowest BCUT2D eigenvalue weighted by Gasteiger charge is -2.32. The fourth-order valence-corrected chi connectivity index (χ4v) is 4.94. The van der Waals surface area contributed by atoms with Gasteiger partial charge in [-0.15, -0.1) is 0 Å². The first kappa shape index (κ1) is 24.2. The Labute approximate surface area is 209 Å². The van der Waals surface area contributed by atoms with Crippen molar-refractivity contribution in [2.45, 2.75) is 37.6 Å². The Kier molecular flexibility index (Phi) is 6.87. The number of benzene rings is 1. The number of pyridine rings is 2. The maximum absolute atomic E-state index is 15.5. The number of rotatable bonds is 9. The molecule has 36 heavy (non-hydrogen) atoms. The average Bonchev–Trinajstić information content (AvgIpc) is 3.74. The van der Waals surface area contributed by atoms with Gasteiger partial charge in [0.1, 0.15) is 11.6 Å². The van der Waals surface area contributed by atoms with Crippen molar-refractivity contribution in [1.29, 1.82) is 0 Å². The molecule has 1 saturated carbocycles. The topological polar surface area (TPSA) is 82.6 Å². The zero-order chi connectivity index (χ0) is 25.2. The minimum Gasteiger partial charge on any atom is -0.496 e.